The second-order valence-electron chi connectivity index (χ2n) is 3.58. The van der Waals surface area contributed by atoms with Gasteiger partial charge in [-0.1, -0.05) is 33.6 Å². The SMILES string of the molecule is COCCC(Cc1ccc(Br)cc1Cl)NN. The average molecular weight is 308 g/mol. The van der Waals surface area contributed by atoms with Crippen molar-refractivity contribution >= 4 is 27.5 Å². The quantitative estimate of drug-likeness (QED) is 0.627. The van der Waals surface area contributed by atoms with Crippen LogP contribution in [0, 0.1) is 0 Å². The Morgan fingerprint density at radius 2 is 2.31 bits per heavy atom. The Labute approximate surface area is 109 Å². The van der Waals surface area contributed by atoms with E-state index < -0.39 is 0 Å². The lowest BCUT2D eigenvalue weighted by atomic mass is 10.0. The van der Waals surface area contributed by atoms with Crippen molar-refractivity contribution in [3.63, 3.8) is 0 Å². The molecule has 3 N–H and O–H groups in total. The second-order valence-corrected chi connectivity index (χ2v) is 4.91. The summed E-state index contributed by atoms with van der Waals surface area (Å²) in [4.78, 5) is 0. The first kappa shape index (κ1) is 13.9. The van der Waals surface area contributed by atoms with Gasteiger partial charge in [-0.3, -0.25) is 11.3 Å². The van der Waals surface area contributed by atoms with Crippen molar-refractivity contribution in [2.24, 2.45) is 5.84 Å². The van der Waals surface area contributed by atoms with Crippen molar-refractivity contribution in [2.75, 3.05) is 13.7 Å². The molecule has 0 aliphatic rings. The van der Waals surface area contributed by atoms with Gasteiger partial charge in [-0.05, 0) is 30.5 Å². The van der Waals surface area contributed by atoms with Gasteiger partial charge in [0.05, 0.1) is 0 Å². The molecule has 0 radical (unpaired) electrons. The highest BCUT2D eigenvalue weighted by molar-refractivity contribution is 9.10. The number of hydrazine groups is 1. The van der Waals surface area contributed by atoms with Gasteiger partial charge in [0, 0.05) is 29.3 Å². The summed E-state index contributed by atoms with van der Waals surface area (Å²) in [6.45, 7) is 0.684. The van der Waals surface area contributed by atoms with Gasteiger partial charge in [-0.25, -0.2) is 0 Å². The largest absolute Gasteiger partial charge is 0.385 e. The van der Waals surface area contributed by atoms with E-state index in [9.17, 15) is 0 Å². The van der Waals surface area contributed by atoms with Crippen LogP contribution in [0.4, 0.5) is 0 Å². The summed E-state index contributed by atoms with van der Waals surface area (Å²) in [7, 11) is 1.68. The number of ether oxygens (including phenoxy) is 1. The minimum Gasteiger partial charge on any atom is -0.385 e. The smallest absolute Gasteiger partial charge is 0.0477 e. The molecule has 16 heavy (non-hydrogen) atoms. The van der Waals surface area contributed by atoms with Crippen LogP contribution < -0.4 is 11.3 Å². The molecule has 0 aliphatic heterocycles. The van der Waals surface area contributed by atoms with Crippen molar-refractivity contribution in [2.45, 2.75) is 18.9 Å². The lowest BCUT2D eigenvalue weighted by Crippen LogP contribution is -2.37. The molecule has 0 aromatic heterocycles. The molecule has 0 saturated heterocycles. The molecule has 0 fully saturated rings. The van der Waals surface area contributed by atoms with Gasteiger partial charge in [0.2, 0.25) is 0 Å². The van der Waals surface area contributed by atoms with E-state index in [1.807, 2.05) is 18.2 Å². The molecule has 0 heterocycles. The van der Waals surface area contributed by atoms with E-state index in [1.165, 1.54) is 0 Å². The molecule has 5 heteroatoms. The van der Waals surface area contributed by atoms with E-state index >= 15 is 0 Å². The number of hydrogen-bond donors (Lipinski definition) is 2. The summed E-state index contributed by atoms with van der Waals surface area (Å²) in [5, 5.41) is 0.757. The Morgan fingerprint density at radius 3 is 2.88 bits per heavy atom. The van der Waals surface area contributed by atoms with Gasteiger partial charge < -0.3 is 4.74 Å². The summed E-state index contributed by atoms with van der Waals surface area (Å²) < 4.78 is 6.01. The molecule has 1 rings (SSSR count). The zero-order chi connectivity index (χ0) is 12.0. The van der Waals surface area contributed by atoms with Crippen molar-refractivity contribution in [3.05, 3.63) is 33.3 Å². The molecule has 1 aromatic rings. The van der Waals surface area contributed by atoms with Crippen LogP contribution in [0.3, 0.4) is 0 Å². The summed E-state index contributed by atoms with van der Waals surface area (Å²) in [6.07, 6.45) is 1.66. The predicted octanol–water partition coefficient (Wildman–Crippen LogP) is 2.51. The van der Waals surface area contributed by atoms with Crippen LogP contribution in [0.25, 0.3) is 0 Å². The van der Waals surface area contributed by atoms with Gasteiger partial charge in [0.15, 0.2) is 0 Å². The predicted molar refractivity (Wildman–Crippen MR) is 70.5 cm³/mol. The Hall–Kier alpha value is -0.130. The molecular weight excluding hydrogens is 291 g/mol. The van der Waals surface area contributed by atoms with Crippen LogP contribution in [0.1, 0.15) is 12.0 Å². The highest BCUT2D eigenvalue weighted by Crippen LogP contribution is 2.22. The van der Waals surface area contributed by atoms with Gasteiger partial charge in [-0.2, -0.15) is 0 Å². The van der Waals surface area contributed by atoms with Crippen molar-refractivity contribution in [3.8, 4) is 0 Å². The summed E-state index contributed by atoms with van der Waals surface area (Å²) in [5.41, 5.74) is 3.86. The first-order valence-electron chi connectivity index (χ1n) is 5.06. The Balaban J connectivity index is 2.62. The first-order chi connectivity index (χ1) is 7.67. The molecule has 1 aromatic carbocycles. The molecule has 90 valence electrons. The standard InChI is InChI=1S/C11H16BrClN2O/c1-16-5-4-10(15-14)6-8-2-3-9(12)7-11(8)13/h2-3,7,10,15H,4-6,14H2,1H3. The van der Waals surface area contributed by atoms with Gasteiger partial charge in [0.25, 0.3) is 0 Å². The summed E-state index contributed by atoms with van der Waals surface area (Å²) in [5.74, 6) is 5.48. The number of rotatable bonds is 6. The van der Waals surface area contributed by atoms with E-state index in [2.05, 4.69) is 21.4 Å². The Bertz CT molecular complexity index is 336. The minimum atomic E-state index is 0.179. The maximum atomic E-state index is 6.13. The minimum absolute atomic E-state index is 0.179. The van der Waals surface area contributed by atoms with E-state index in [0.717, 1.165) is 27.9 Å². The molecular formula is C11H16BrClN2O. The number of nitrogens with one attached hydrogen (secondary N) is 1. The van der Waals surface area contributed by atoms with Crippen molar-refractivity contribution < 1.29 is 4.74 Å². The third kappa shape index (κ3) is 4.39. The van der Waals surface area contributed by atoms with Crippen LogP contribution in [-0.4, -0.2) is 19.8 Å². The lowest BCUT2D eigenvalue weighted by molar-refractivity contribution is 0.182. The third-order valence-electron chi connectivity index (χ3n) is 2.39. The highest BCUT2D eigenvalue weighted by atomic mass is 79.9. The molecule has 0 spiro atoms. The van der Waals surface area contributed by atoms with E-state index in [1.54, 1.807) is 7.11 Å². The zero-order valence-corrected chi connectivity index (χ0v) is 11.5. The van der Waals surface area contributed by atoms with E-state index in [0.29, 0.717) is 6.61 Å². The molecule has 3 nitrogen and oxygen atoms in total. The normalized spacial score (nSPS) is 12.8. The topological polar surface area (TPSA) is 47.3 Å². The summed E-state index contributed by atoms with van der Waals surface area (Å²) >= 11 is 9.51. The number of methoxy groups -OCH3 is 1. The molecule has 1 unspecified atom stereocenters. The zero-order valence-electron chi connectivity index (χ0n) is 9.17. The van der Waals surface area contributed by atoms with Crippen LogP contribution in [0.5, 0.6) is 0 Å². The third-order valence-corrected chi connectivity index (χ3v) is 3.23. The molecule has 0 bridgehead atoms. The summed E-state index contributed by atoms with van der Waals surface area (Å²) in [6, 6.07) is 6.05. The molecule has 1 atom stereocenters. The van der Waals surface area contributed by atoms with Crippen molar-refractivity contribution in [1.29, 1.82) is 0 Å². The maximum absolute atomic E-state index is 6.13. The number of benzene rings is 1. The van der Waals surface area contributed by atoms with Gasteiger partial charge in [0.1, 0.15) is 0 Å². The fourth-order valence-electron chi connectivity index (χ4n) is 1.46. The van der Waals surface area contributed by atoms with Gasteiger partial charge in [-0.15, -0.1) is 0 Å². The van der Waals surface area contributed by atoms with Crippen molar-refractivity contribution in [1.82, 2.24) is 5.43 Å². The number of nitrogens with two attached hydrogens (primary N) is 1. The van der Waals surface area contributed by atoms with Crippen LogP contribution in [0.15, 0.2) is 22.7 Å². The Morgan fingerprint density at radius 1 is 1.56 bits per heavy atom. The fourth-order valence-corrected chi connectivity index (χ4v) is 2.21. The molecule has 0 aliphatic carbocycles. The van der Waals surface area contributed by atoms with Crippen LogP contribution in [0.2, 0.25) is 5.02 Å². The lowest BCUT2D eigenvalue weighted by Gasteiger charge is -2.16. The van der Waals surface area contributed by atoms with Gasteiger partial charge >= 0.3 is 0 Å². The fraction of sp³-hybridized carbons (Fsp3) is 0.455. The van der Waals surface area contributed by atoms with E-state index in [-0.39, 0.29) is 6.04 Å². The second kappa shape index (κ2) is 7.25. The van der Waals surface area contributed by atoms with Crippen LogP contribution in [-0.2, 0) is 11.2 Å². The number of hydrogen-bond acceptors (Lipinski definition) is 3. The average Bonchev–Trinajstić information content (AvgIpc) is 2.27. The monoisotopic (exact) mass is 306 g/mol. The van der Waals surface area contributed by atoms with Crippen LogP contribution >= 0.6 is 27.5 Å². The van der Waals surface area contributed by atoms with E-state index in [4.69, 9.17) is 22.2 Å². The number of halogens is 2. The first-order valence-corrected chi connectivity index (χ1v) is 6.23. The maximum Gasteiger partial charge on any atom is 0.0477 e. The molecule has 0 saturated carbocycles. The highest BCUT2D eigenvalue weighted by Gasteiger charge is 2.10. The Kier molecular flexibility index (Phi) is 6.31. The molecule has 0 amide bonds.